The highest BCUT2D eigenvalue weighted by Crippen LogP contribution is 2.13. The number of amides is 1. The van der Waals surface area contributed by atoms with Gasteiger partial charge in [0.15, 0.2) is 0 Å². The fraction of sp³-hybridized carbons (Fsp3) is 0.417. The summed E-state index contributed by atoms with van der Waals surface area (Å²) in [6.07, 6.45) is 0. The van der Waals surface area contributed by atoms with Crippen molar-refractivity contribution in [3.05, 3.63) is 34.9 Å². The van der Waals surface area contributed by atoms with Gasteiger partial charge in [-0.3, -0.25) is 4.79 Å². The quantitative estimate of drug-likeness (QED) is 0.874. The number of nitrogens with two attached hydrogens (primary N) is 1. The molecular weight excluding hydrogens is 224 g/mol. The van der Waals surface area contributed by atoms with Crippen LogP contribution in [0.2, 0.25) is 5.02 Å². The monoisotopic (exact) mass is 240 g/mol. The molecule has 0 radical (unpaired) electrons. The van der Waals surface area contributed by atoms with Crippen molar-refractivity contribution in [2.45, 2.75) is 13.5 Å². The molecule has 1 aromatic rings. The van der Waals surface area contributed by atoms with Crippen molar-refractivity contribution < 1.29 is 4.79 Å². The molecule has 0 aromatic heterocycles. The molecule has 0 aliphatic carbocycles. The van der Waals surface area contributed by atoms with E-state index in [0.717, 1.165) is 5.56 Å². The Bertz CT molecular complexity index is 368. The molecule has 16 heavy (non-hydrogen) atoms. The number of halogens is 1. The van der Waals surface area contributed by atoms with Gasteiger partial charge in [-0.25, -0.2) is 0 Å². The molecule has 0 saturated carbocycles. The first-order valence-electron chi connectivity index (χ1n) is 5.24. The van der Waals surface area contributed by atoms with Crippen LogP contribution in [0.15, 0.2) is 24.3 Å². The summed E-state index contributed by atoms with van der Waals surface area (Å²) in [5, 5.41) is 0.685. The van der Waals surface area contributed by atoms with E-state index in [1.165, 1.54) is 0 Å². The number of hydrogen-bond acceptors (Lipinski definition) is 2. The zero-order chi connectivity index (χ0) is 12.1. The topological polar surface area (TPSA) is 46.3 Å². The second kappa shape index (κ2) is 5.87. The molecule has 1 amide bonds. The number of carbonyl (C=O) groups is 1. The van der Waals surface area contributed by atoms with E-state index in [9.17, 15) is 4.79 Å². The lowest BCUT2D eigenvalue weighted by molar-refractivity contribution is -0.133. The Kier molecular flexibility index (Phi) is 4.77. The summed E-state index contributed by atoms with van der Waals surface area (Å²) >= 11 is 5.87. The summed E-state index contributed by atoms with van der Waals surface area (Å²) in [6.45, 7) is 2.76. The second-order valence-corrected chi connectivity index (χ2v) is 4.40. The van der Waals surface area contributed by atoms with Crippen molar-refractivity contribution in [2.75, 3.05) is 13.6 Å². The van der Waals surface area contributed by atoms with E-state index in [0.29, 0.717) is 18.1 Å². The highest BCUT2D eigenvalue weighted by molar-refractivity contribution is 6.30. The Morgan fingerprint density at radius 3 is 2.81 bits per heavy atom. The smallest absolute Gasteiger partial charge is 0.226 e. The van der Waals surface area contributed by atoms with Crippen LogP contribution in [0.4, 0.5) is 0 Å². The standard InChI is InChI=1S/C12H17ClN2O/c1-9(7-14)12(16)15(2)8-10-4-3-5-11(13)6-10/h3-6,9H,7-8,14H2,1-2H3. The van der Waals surface area contributed by atoms with E-state index >= 15 is 0 Å². The van der Waals surface area contributed by atoms with Crippen molar-refractivity contribution in [2.24, 2.45) is 11.7 Å². The minimum absolute atomic E-state index is 0.0578. The van der Waals surface area contributed by atoms with Gasteiger partial charge in [-0.1, -0.05) is 30.7 Å². The number of rotatable bonds is 4. The maximum atomic E-state index is 11.8. The second-order valence-electron chi connectivity index (χ2n) is 3.96. The van der Waals surface area contributed by atoms with Crippen LogP contribution in [0.1, 0.15) is 12.5 Å². The van der Waals surface area contributed by atoms with Crippen LogP contribution in [-0.4, -0.2) is 24.4 Å². The van der Waals surface area contributed by atoms with E-state index in [1.807, 2.05) is 31.2 Å². The van der Waals surface area contributed by atoms with Crippen LogP contribution < -0.4 is 5.73 Å². The molecule has 0 heterocycles. The molecule has 4 heteroatoms. The summed E-state index contributed by atoms with van der Waals surface area (Å²) in [7, 11) is 1.77. The largest absolute Gasteiger partial charge is 0.341 e. The average molecular weight is 241 g/mol. The fourth-order valence-electron chi connectivity index (χ4n) is 1.46. The third-order valence-corrected chi connectivity index (χ3v) is 2.70. The number of benzene rings is 1. The van der Waals surface area contributed by atoms with Crippen LogP contribution in [-0.2, 0) is 11.3 Å². The Labute approximate surface area is 101 Å². The lowest BCUT2D eigenvalue weighted by atomic mass is 10.1. The number of hydrogen-bond donors (Lipinski definition) is 1. The highest BCUT2D eigenvalue weighted by Gasteiger charge is 2.15. The SMILES string of the molecule is CC(CN)C(=O)N(C)Cc1cccc(Cl)c1. The Hall–Kier alpha value is -1.06. The van der Waals surface area contributed by atoms with Crippen molar-refractivity contribution >= 4 is 17.5 Å². The van der Waals surface area contributed by atoms with Crippen LogP contribution in [0, 0.1) is 5.92 Å². The first-order valence-corrected chi connectivity index (χ1v) is 5.62. The molecule has 1 unspecified atom stereocenters. The first-order chi connectivity index (χ1) is 7.54. The van der Waals surface area contributed by atoms with E-state index in [2.05, 4.69) is 0 Å². The van der Waals surface area contributed by atoms with Gasteiger partial charge in [0.2, 0.25) is 5.91 Å². The molecule has 1 rings (SSSR count). The first kappa shape index (κ1) is 13.0. The summed E-state index contributed by atoms with van der Waals surface area (Å²) < 4.78 is 0. The molecule has 0 spiro atoms. The van der Waals surface area contributed by atoms with Crippen molar-refractivity contribution in [1.29, 1.82) is 0 Å². The third kappa shape index (κ3) is 3.51. The predicted octanol–water partition coefficient (Wildman–Crippen LogP) is 1.89. The molecule has 0 aliphatic heterocycles. The minimum Gasteiger partial charge on any atom is -0.341 e. The van der Waals surface area contributed by atoms with Crippen molar-refractivity contribution in [3.63, 3.8) is 0 Å². The Morgan fingerprint density at radius 1 is 1.56 bits per heavy atom. The van der Waals surface area contributed by atoms with E-state index in [4.69, 9.17) is 17.3 Å². The lowest BCUT2D eigenvalue weighted by Gasteiger charge is -2.20. The average Bonchev–Trinajstić information content (AvgIpc) is 2.27. The van der Waals surface area contributed by atoms with Gasteiger partial charge in [0.05, 0.1) is 0 Å². The van der Waals surface area contributed by atoms with E-state index < -0.39 is 0 Å². The van der Waals surface area contributed by atoms with Crippen LogP contribution in [0.3, 0.4) is 0 Å². The van der Waals surface area contributed by atoms with Crippen molar-refractivity contribution in [1.82, 2.24) is 4.90 Å². The molecule has 0 bridgehead atoms. The van der Waals surface area contributed by atoms with Gasteiger partial charge in [0.25, 0.3) is 0 Å². The maximum Gasteiger partial charge on any atom is 0.226 e. The van der Waals surface area contributed by atoms with Crippen molar-refractivity contribution in [3.8, 4) is 0 Å². The predicted molar refractivity (Wildman–Crippen MR) is 66.1 cm³/mol. The molecule has 0 saturated heterocycles. The summed E-state index contributed by atoms with van der Waals surface area (Å²) in [6, 6.07) is 7.50. The van der Waals surface area contributed by atoms with Crippen LogP contribution in [0.5, 0.6) is 0 Å². The maximum absolute atomic E-state index is 11.8. The third-order valence-electron chi connectivity index (χ3n) is 2.46. The molecule has 0 fully saturated rings. The summed E-state index contributed by atoms with van der Waals surface area (Å²) in [5.41, 5.74) is 6.48. The van der Waals surface area contributed by atoms with Gasteiger partial charge in [0.1, 0.15) is 0 Å². The number of nitrogens with zero attached hydrogens (tertiary/aromatic N) is 1. The molecule has 1 aromatic carbocycles. The van der Waals surface area contributed by atoms with Crippen LogP contribution >= 0.6 is 11.6 Å². The van der Waals surface area contributed by atoms with Gasteiger partial charge in [-0.05, 0) is 17.7 Å². The Balaban J connectivity index is 2.64. The zero-order valence-electron chi connectivity index (χ0n) is 9.61. The molecule has 88 valence electrons. The molecule has 3 nitrogen and oxygen atoms in total. The van der Waals surface area contributed by atoms with Crippen LogP contribution in [0.25, 0.3) is 0 Å². The van der Waals surface area contributed by atoms with Gasteiger partial charge >= 0.3 is 0 Å². The molecule has 1 atom stereocenters. The number of carbonyl (C=O) groups excluding carboxylic acids is 1. The molecule has 2 N–H and O–H groups in total. The van der Waals surface area contributed by atoms with Gasteiger partial charge in [0, 0.05) is 31.1 Å². The minimum atomic E-state index is -0.135. The Morgan fingerprint density at radius 2 is 2.25 bits per heavy atom. The highest BCUT2D eigenvalue weighted by atomic mass is 35.5. The van der Waals surface area contributed by atoms with E-state index in [-0.39, 0.29) is 11.8 Å². The summed E-state index contributed by atoms with van der Waals surface area (Å²) in [5.74, 6) is -0.0772. The summed E-state index contributed by atoms with van der Waals surface area (Å²) in [4.78, 5) is 13.4. The molecule has 0 aliphatic rings. The molecular formula is C12H17ClN2O. The van der Waals surface area contributed by atoms with Gasteiger partial charge < -0.3 is 10.6 Å². The lowest BCUT2D eigenvalue weighted by Crippen LogP contribution is -2.34. The normalized spacial score (nSPS) is 12.2. The van der Waals surface area contributed by atoms with Gasteiger partial charge in [-0.2, -0.15) is 0 Å². The fourth-order valence-corrected chi connectivity index (χ4v) is 1.68. The van der Waals surface area contributed by atoms with Gasteiger partial charge in [-0.15, -0.1) is 0 Å². The zero-order valence-corrected chi connectivity index (χ0v) is 10.4. The van der Waals surface area contributed by atoms with E-state index in [1.54, 1.807) is 11.9 Å².